The van der Waals surface area contributed by atoms with Gasteiger partial charge in [-0.2, -0.15) is 10.0 Å². The van der Waals surface area contributed by atoms with Gasteiger partial charge in [-0.1, -0.05) is 61.5 Å². The minimum atomic E-state index is -1.44. The van der Waals surface area contributed by atoms with Gasteiger partial charge in [0.2, 0.25) is 0 Å². The Hall–Kier alpha value is -4.32. The number of benzene rings is 1. The highest BCUT2D eigenvalue weighted by Crippen LogP contribution is 2.53. The predicted molar refractivity (Wildman–Crippen MR) is 150 cm³/mol. The quantitative estimate of drug-likeness (QED) is 0.0446. The van der Waals surface area contributed by atoms with E-state index in [0.29, 0.717) is 24.0 Å². The van der Waals surface area contributed by atoms with E-state index >= 15 is 0 Å². The van der Waals surface area contributed by atoms with Crippen molar-refractivity contribution in [3.05, 3.63) is 81.0 Å². The number of nitroso groups, excluding NO2 is 1. The highest BCUT2D eigenvalue weighted by atomic mass is 35.5. The second kappa shape index (κ2) is 15.5. The average molecular weight is 589 g/mol. The van der Waals surface area contributed by atoms with Gasteiger partial charge in [-0.05, 0) is 82.8 Å². The molecule has 0 saturated heterocycles. The van der Waals surface area contributed by atoms with Gasteiger partial charge in [0, 0.05) is 50.2 Å². The van der Waals surface area contributed by atoms with Gasteiger partial charge in [-0.25, -0.2) is 4.39 Å². The Labute approximate surface area is 239 Å². The summed E-state index contributed by atoms with van der Waals surface area (Å²) in [5.41, 5.74) is 32.9. The summed E-state index contributed by atoms with van der Waals surface area (Å²) in [6, 6.07) is 4.97. The number of halogens is 2. The first-order valence-corrected chi connectivity index (χ1v) is 13.0. The molecule has 1 unspecified atom stereocenters. The second-order valence-electron chi connectivity index (χ2n) is 10.1. The molecule has 19 heteroatoms. The van der Waals surface area contributed by atoms with Crippen LogP contribution in [0.25, 0.3) is 41.8 Å². The van der Waals surface area contributed by atoms with Crippen molar-refractivity contribution in [3.63, 3.8) is 0 Å². The van der Waals surface area contributed by atoms with Crippen LogP contribution >= 0.6 is 11.6 Å². The first-order valence-electron chi connectivity index (χ1n) is 12.6. The zero-order valence-electron chi connectivity index (χ0n) is 22.4. The molecule has 1 aliphatic carbocycles. The first-order chi connectivity index (χ1) is 19.7. The summed E-state index contributed by atoms with van der Waals surface area (Å²) < 4.78 is 14.9. The molecule has 0 heterocycles. The van der Waals surface area contributed by atoms with Crippen molar-refractivity contribution < 1.29 is 4.39 Å². The predicted octanol–water partition coefficient (Wildman–Crippen LogP) is 7.93. The van der Waals surface area contributed by atoms with Crippen LogP contribution in [-0.4, -0.2) is 38.4 Å². The van der Waals surface area contributed by atoms with Gasteiger partial charge in [0.25, 0.3) is 0 Å². The minimum absolute atomic E-state index is 0.0843. The molecule has 218 valence electrons. The fourth-order valence-corrected chi connectivity index (χ4v) is 5.68. The number of hydrogen-bond donors (Lipinski definition) is 1. The molecule has 41 heavy (non-hydrogen) atoms. The largest absolute Gasteiger partial charge is 0.305 e. The minimum Gasteiger partial charge on any atom is -0.305 e. The van der Waals surface area contributed by atoms with E-state index in [0.717, 1.165) is 0 Å². The SMILES string of the molecule is CCC1(F)CC(C(CN=O)[C@@](CN=[N+]=[N-])(N=NN)c2ccc(CCC(CN=[N+]=[N-])(CN=[N+]=[N-])CN=[N+]=[N-])c(Cl)c2)C1. The van der Waals surface area contributed by atoms with Crippen LogP contribution in [-0.2, 0) is 12.0 Å². The van der Waals surface area contributed by atoms with Crippen molar-refractivity contribution in [3.8, 4) is 0 Å². The molecule has 1 aromatic carbocycles. The summed E-state index contributed by atoms with van der Waals surface area (Å²) >= 11 is 6.69. The van der Waals surface area contributed by atoms with E-state index in [1.54, 1.807) is 25.1 Å². The lowest BCUT2D eigenvalue weighted by Crippen LogP contribution is -2.51. The van der Waals surface area contributed by atoms with Crippen LogP contribution in [0.4, 0.5) is 4.39 Å². The topological polar surface area (TPSA) is 275 Å². The fourth-order valence-electron chi connectivity index (χ4n) is 5.40. The zero-order chi connectivity index (χ0) is 30.4. The number of alkyl halides is 1. The van der Waals surface area contributed by atoms with Crippen LogP contribution in [0.2, 0.25) is 5.02 Å². The van der Waals surface area contributed by atoms with Crippen LogP contribution in [0.1, 0.15) is 43.7 Å². The highest BCUT2D eigenvalue weighted by molar-refractivity contribution is 6.31. The Bertz CT molecular complexity index is 1240. The maximum absolute atomic E-state index is 14.9. The molecule has 1 saturated carbocycles. The molecule has 17 nitrogen and oxygen atoms in total. The van der Waals surface area contributed by atoms with Gasteiger partial charge in [0.05, 0.1) is 13.1 Å². The normalized spacial score (nSPS) is 21.4. The molecule has 0 amide bonds. The standard InChI is InChI=1S/C22H30ClFN16O/c1-2-21(24)8-16(9-21)18(10-34-41)22(35-40-29,14-33-39-28)17-4-3-15(19(23)7-17)5-6-20(11-30-36-25,12-31-37-26)13-32-38-27/h3-4,7,16,18H,2,5-6,8-14H2,1H3,(H2,29,35)/t16?,18?,21?,22-/m0/s1. The molecule has 0 aliphatic heterocycles. The molecule has 0 spiro atoms. The number of aryl methyl sites for hydroxylation is 1. The van der Waals surface area contributed by atoms with Crippen LogP contribution in [0.15, 0.2) is 54.2 Å². The Kier molecular flexibility index (Phi) is 12.4. The third kappa shape index (κ3) is 8.10. The van der Waals surface area contributed by atoms with E-state index < -0.39 is 22.5 Å². The van der Waals surface area contributed by atoms with Crippen LogP contribution in [0.3, 0.4) is 0 Å². The van der Waals surface area contributed by atoms with Gasteiger partial charge < -0.3 is 5.84 Å². The molecule has 2 N–H and O–H groups in total. The second-order valence-corrected chi connectivity index (χ2v) is 10.5. The summed E-state index contributed by atoms with van der Waals surface area (Å²) in [5, 5.41) is 25.6. The number of hydrogen-bond acceptors (Lipinski definition) is 8. The van der Waals surface area contributed by atoms with E-state index in [4.69, 9.17) is 39.6 Å². The van der Waals surface area contributed by atoms with E-state index in [1.807, 2.05) is 0 Å². The van der Waals surface area contributed by atoms with Gasteiger partial charge >= 0.3 is 0 Å². The molecule has 1 aliphatic rings. The molecule has 0 bridgehead atoms. The molecule has 2 rings (SSSR count). The summed E-state index contributed by atoms with van der Waals surface area (Å²) in [6.07, 6.45) is 1.26. The molecule has 0 radical (unpaired) electrons. The van der Waals surface area contributed by atoms with Crippen molar-refractivity contribution in [1.29, 1.82) is 0 Å². The third-order valence-corrected chi connectivity index (χ3v) is 8.19. The lowest BCUT2D eigenvalue weighted by molar-refractivity contribution is -0.0399. The Morgan fingerprint density at radius 2 is 1.61 bits per heavy atom. The first kappa shape index (κ1) is 32.9. The maximum atomic E-state index is 14.9. The Morgan fingerprint density at radius 3 is 2.07 bits per heavy atom. The van der Waals surface area contributed by atoms with Gasteiger partial charge in [0.1, 0.15) is 11.2 Å². The van der Waals surface area contributed by atoms with Crippen molar-refractivity contribution in [1.82, 2.24) is 0 Å². The van der Waals surface area contributed by atoms with Crippen molar-refractivity contribution >= 4 is 11.6 Å². The molecular formula is C22H30ClFN16O. The fraction of sp³-hybridized carbons (Fsp3) is 0.727. The number of nitrogens with two attached hydrogens (primary N) is 1. The molecule has 1 fully saturated rings. The number of nitrogens with zero attached hydrogens (tertiary/aromatic N) is 15. The summed E-state index contributed by atoms with van der Waals surface area (Å²) in [5.74, 6) is 4.50. The van der Waals surface area contributed by atoms with Crippen molar-refractivity contribution in [2.45, 2.75) is 50.2 Å². The van der Waals surface area contributed by atoms with Crippen molar-refractivity contribution in [2.75, 3.05) is 32.7 Å². The molecular weight excluding hydrogens is 559 g/mol. The Balaban J connectivity index is 2.52. The zero-order valence-corrected chi connectivity index (χ0v) is 23.2. The summed E-state index contributed by atoms with van der Waals surface area (Å²) in [4.78, 5) is 22.7. The lowest BCUT2D eigenvalue weighted by Gasteiger charge is -2.49. The van der Waals surface area contributed by atoms with Gasteiger partial charge in [0.15, 0.2) is 0 Å². The van der Waals surface area contributed by atoms with Crippen LogP contribution in [0, 0.1) is 22.2 Å². The summed E-state index contributed by atoms with van der Waals surface area (Å²) in [6.45, 7) is 0.978. The Morgan fingerprint density at radius 1 is 1.05 bits per heavy atom. The number of azide groups is 4. The molecule has 2 atom stereocenters. The van der Waals surface area contributed by atoms with E-state index in [9.17, 15) is 9.30 Å². The molecule has 1 aromatic rings. The molecule has 0 aromatic heterocycles. The van der Waals surface area contributed by atoms with Crippen LogP contribution < -0.4 is 5.84 Å². The third-order valence-electron chi connectivity index (χ3n) is 7.84. The lowest BCUT2D eigenvalue weighted by atomic mass is 9.59. The van der Waals surface area contributed by atoms with E-state index in [2.05, 4.69) is 55.6 Å². The van der Waals surface area contributed by atoms with Crippen LogP contribution in [0.5, 0.6) is 0 Å². The summed E-state index contributed by atoms with van der Waals surface area (Å²) in [7, 11) is 0. The monoisotopic (exact) mass is 588 g/mol. The van der Waals surface area contributed by atoms with E-state index in [1.165, 1.54) is 0 Å². The smallest absolute Gasteiger partial charge is 0.119 e. The maximum Gasteiger partial charge on any atom is 0.119 e. The average Bonchev–Trinajstić information content (AvgIpc) is 2.96. The van der Waals surface area contributed by atoms with E-state index in [-0.39, 0.29) is 62.9 Å². The van der Waals surface area contributed by atoms with Crippen molar-refractivity contribution in [2.24, 2.45) is 59.1 Å². The number of rotatable bonds is 18. The van der Waals surface area contributed by atoms with Gasteiger partial charge in [-0.3, -0.25) is 0 Å². The highest BCUT2D eigenvalue weighted by Gasteiger charge is 2.54. The van der Waals surface area contributed by atoms with Gasteiger partial charge in [-0.15, -0.1) is 0 Å².